The third-order valence-electron chi connectivity index (χ3n) is 3.78. The quantitative estimate of drug-likeness (QED) is 0.774. The average molecular weight is 300 g/mol. The van der Waals surface area contributed by atoms with Crippen molar-refractivity contribution in [1.82, 2.24) is 14.9 Å². The van der Waals surface area contributed by atoms with E-state index in [0.29, 0.717) is 0 Å². The lowest BCUT2D eigenvalue weighted by Crippen LogP contribution is -2.17. The lowest BCUT2D eigenvalue weighted by molar-refractivity contribution is 0.538. The third-order valence-corrected chi connectivity index (χ3v) is 4.11. The highest BCUT2D eigenvalue weighted by molar-refractivity contribution is 6.35. The number of nitrogens with zero attached hydrogens (tertiary/aromatic N) is 2. The van der Waals surface area contributed by atoms with Crippen LogP contribution in [0.2, 0.25) is 5.02 Å². The number of aromatic nitrogens is 2. The van der Waals surface area contributed by atoms with E-state index in [0.717, 1.165) is 28.9 Å². The molecule has 4 heteroatoms. The normalized spacial score (nSPS) is 12.7. The van der Waals surface area contributed by atoms with E-state index >= 15 is 0 Å². The van der Waals surface area contributed by atoms with Crippen molar-refractivity contribution in [3.8, 4) is 0 Å². The molecule has 3 aromatic rings. The predicted octanol–water partition coefficient (Wildman–Crippen LogP) is 3.89. The summed E-state index contributed by atoms with van der Waals surface area (Å²) in [6.45, 7) is 0.944. The van der Waals surface area contributed by atoms with E-state index in [-0.39, 0.29) is 6.04 Å². The van der Waals surface area contributed by atoms with E-state index < -0.39 is 0 Å². The van der Waals surface area contributed by atoms with Crippen molar-refractivity contribution in [2.45, 2.75) is 12.5 Å². The molecule has 1 aromatic carbocycles. The molecule has 1 unspecified atom stereocenters. The zero-order valence-electron chi connectivity index (χ0n) is 12.0. The number of benzene rings is 1. The SMILES string of the molecule is CNCCC(c1cccnc1)n1ccc2c(Cl)cccc21. The number of halogens is 1. The third kappa shape index (κ3) is 2.80. The maximum atomic E-state index is 6.29. The summed E-state index contributed by atoms with van der Waals surface area (Å²) >= 11 is 6.29. The van der Waals surface area contributed by atoms with Crippen LogP contribution in [0.25, 0.3) is 10.9 Å². The summed E-state index contributed by atoms with van der Waals surface area (Å²) in [5.41, 5.74) is 2.37. The summed E-state index contributed by atoms with van der Waals surface area (Å²) in [6, 6.07) is 12.5. The lowest BCUT2D eigenvalue weighted by atomic mass is 10.1. The van der Waals surface area contributed by atoms with Gasteiger partial charge in [0.2, 0.25) is 0 Å². The van der Waals surface area contributed by atoms with Crippen LogP contribution in [-0.2, 0) is 0 Å². The molecule has 0 aliphatic carbocycles. The Balaban J connectivity index is 2.08. The Labute approximate surface area is 129 Å². The fraction of sp³-hybridized carbons (Fsp3) is 0.235. The molecule has 0 aliphatic heterocycles. The molecule has 3 nitrogen and oxygen atoms in total. The van der Waals surface area contributed by atoms with E-state index in [2.05, 4.69) is 39.3 Å². The predicted molar refractivity (Wildman–Crippen MR) is 87.9 cm³/mol. The highest BCUT2D eigenvalue weighted by Gasteiger charge is 2.16. The van der Waals surface area contributed by atoms with Crippen LogP contribution in [0.5, 0.6) is 0 Å². The van der Waals surface area contributed by atoms with E-state index in [1.807, 2.05) is 37.6 Å². The largest absolute Gasteiger partial charge is 0.340 e. The van der Waals surface area contributed by atoms with Gasteiger partial charge < -0.3 is 9.88 Å². The molecule has 0 fully saturated rings. The number of nitrogens with one attached hydrogen (secondary N) is 1. The highest BCUT2D eigenvalue weighted by atomic mass is 35.5. The number of rotatable bonds is 5. The van der Waals surface area contributed by atoms with E-state index in [4.69, 9.17) is 11.6 Å². The van der Waals surface area contributed by atoms with Crippen LogP contribution in [0.3, 0.4) is 0 Å². The first-order valence-corrected chi connectivity index (χ1v) is 7.48. The summed E-state index contributed by atoms with van der Waals surface area (Å²) in [6.07, 6.45) is 6.86. The first kappa shape index (κ1) is 14.1. The van der Waals surface area contributed by atoms with Crippen LogP contribution >= 0.6 is 11.6 Å². The van der Waals surface area contributed by atoms with Crippen LogP contribution in [-0.4, -0.2) is 23.1 Å². The van der Waals surface area contributed by atoms with Gasteiger partial charge in [0, 0.05) is 29.0 Å². The standard InChI is InChI=1S/C17H18ClN3/c1-19-10-7-16(13-4-3-9-20-12-13)21-11-8-14-15(18)5-2-6-17(14)21/h2-6,8-9,11-12,16,19H,7,10H2,1H3. The average Bonchev–Trinajstić information content (AvgIpc) is 2.94. The van der Waals surface area contributed by atoms with Crippen LogP contribution in [0.1, 0.15) is 18.0 Å². The molecule has 1 atom stereocenters. The molecule has 0 amide bonds. The van der Waals surface area contributed by atoms with Gasteiger partial charge in [0.15, 0.2) is 0 Å². The summed E-state index contributed by atoms with van der Waals surface area (Å²) in [4.78, 5) is 4.26. The Hall–Kier alpha value is -1.84. The minimum absolute atomic E-state index is 0.252. The van der Waals surface area contributed by atoms with Crippen LogP contribution < -0.4 is 5.32 Å². The summed E-state index contributed by atoms with van der Waals surface area (Å²) in [5.74, 6) is 0. The Morgan fingerprint density at radius 3 is 2.90 bits per heavy atom. The van der Waals surface area contributed by atoms with Gasteiger partial charge in [-0.3, -0.25) is 4.98 Å². The van der Waals surface area contributed by atoms with Crippen molar-refractivity contribution in [2.24, 2.45) is 0 Å². The molecular formula is C17H18ClN3. The van der Waals surface area contributed by atoms with Gasteiger partial charge in [-0.05, 0) is 49.8 Å². The molecule has 2 aromatic heterocycles. The summed E-state index contributed by atoms with van der Waals surface area (Å²) in [7, 11) is 1.98. The molecule has 0 bridgehead atoms. The van der Waals surface area contributed by atoms with Crippen molar-refractivity contribution in [3.63, 3.8) is 0 Å². The Bertz CT molecular complexity index is 721. The fourth-order valence-corrected chi connectivity index (χ4v) is 2.98. The number of fused-ring (bicyclic) bond motifs is 1. The zero-order chi connectivity index (χ0) is 14.7. The molecule has 0 aliphatic rings. The Morgan fingerprint density at radius 2 is 2.14 bits per heavy atom. The van der Waals surface area contributed by atoms with Gasteiger partial charge in [-0.15, -0.1) is 0 Å². The summed E-state index contributed by atoms with van der Waals surface area (Å²) in [5, 5.41) is 5.12. The maximum Gasteiger partial charge on any atom is 0.0613 e. The highest BCUT2D eigenvalue weighted by Crippen LogP contribution is 2.30. The van der Waals surface area contributed by atoms with Crippen LogP contribution in [0, 0.1) is 0 Å². The van der Waals surface area contributed by atoms with Crippen molar-refractivity contribution in [2.75, 3.05) is 13.6 Å². The number of pyridine rings is 1. The first-order chi connectivity index (χ1) is 10.3. The number of hydrogen-bond donors (Lipinski definition) is 1. The topological polar surface area (TPSA) is 29.9 Å². The van der Waals surface area contributed by atoms with Crippen molar-refractivity contribution < 1.29 is 0 Å². The van der Waals surface area contributed by atoms with E-state index in [1.54, 1.807) is 0 Å². The minimum Gasteiger partial charge on any atom is -0.340 e. The Morgan fingerprint density at radius 1 is 1.24 bits per heavy atom. The summed E-state index contributed by atoms with van der Waals surface area (Å²) < 4.78 is 2.29. The maximum absolute atomic E-state index is 6.29. The smallest absolute Gasteiger partial charge is 0.0613 e. The van der Waals surface area contributed by atoms with Gasteiger partial charge in [0.1, 0.15) is 0 Å². The lowest BCUT2D eigenvalue weighted by Gasteiger charge is -2.20. The molecule has 108 valence electrons. The molecule has 0 spiro atoms. The molecule has 1 N–H and O–H groups in total. The van der Waals surface area contributed by atoms with Crippen LogP contribution in [0.15, 0.2) is 55.0 Å². The van der Waals surface area contributed by atoms with Gasteiger partial charge in [-0.25, -0.2) is 0 Å². The van der Waals surface area contributed by atoms with Crippen molar-refractivity contribution >= 4 is 22.5 Å². The molecule has 21 heavy (non-hydrogen) atoms. The molecule has 3 rings (SSSR count). The zero-order valence-corrected chi connectivity index (χ0v) is 12.7. The van der Waals surface area contributed by atoms with Gasteiger partial charge in [0.05, 0.1) is 11.6 Å². The molecule has 0 saturated carbocycles. The van der Waals surface area contributed by atoms with E-state index in [1.165, 1.54) is 5.56 Å². The monoisotopic (exact) mass is 299 g/mol. The van der Waals surface area contributed by atoms with Crippen LogP contribution in [0.4, 0.5) is 0 Å². The molecular weight excluding hydrogens is 282 g/mol. The Kier molecular flexibility index (Phi) is 4.23. The second-order valence-corrected chi connectivity index (χ2v) is 5.50. The number of hydrogen-bond acceptors (Lipinski definition) is 2. The second-order valence-electron chi connectivity index (χ2n) is 5.09. The fourth-order valence-electron chi connectivity index (χ4n) is 2.74. The van der Waals surface area contributed by atoms with Crippen molar-refractivity contribution in [1.29, 1.82) is 0 Å². The second kappa shape index (κ2) is 6.29. The van der Waals surface area contributed by atoms with Crippen molar-refractivity contribution in [3.05, 3.63) is 65.6 Å². The molecule has 0 saturated heterocycles. The minimum atomic E-state index is 0.252. The van der Waals surface area contributed by atoms with Gasteiger partial charge in [0.25, 0.3) is 0 Å². The van der Waals surface area contributed by atoms with Gasteiger partial charge in [-0.1, -0.05) is 23.7 Å². The van der Waals surface area contributed by atoms with Gasteiger partial charge in [-0.2, -0.15) is 0 Å². The molecule has 2 heterocycles. The van der Waals surface area contributed by atoms with Gasteiger partial charge >= 0.3 is 0 Å². The first-order valence-electron chi connectivity index (χ1n) is 7.11. The van der Waals surface area contributed by atoms with E-state index in [9.17, 15) is 0 Å². The molecule has 0 radical (unpaired) electrons.